The van der Waals surface area contributed by atoms with Gasteiger partial charge in [-0.15, -0.1) is 0 Å². The number of nitrogens with one attached hydrogen (secondary N) is 3. The zero-order valence-electron chi connectivity index (χ0n) is 32.6. The molecule has 16 nitrogen and oxygen atoms in total. The van der Waals surface area contributed by atoms with Gasteiger partial charge in [-0.2, -0.15) is 0 Å². The molecule has 5 amide bonds. The van der Waals surface area contributed by atoms with E-state index in [9.17, 15) is 28.8 Å². The molecule has 1 unspecified atom stereocenters. The number of carbonyl (C=O) groups excluding carboxylic acids is 5. The quantitative estimate of drug-likeness (QED) is 0.0723. The number of amides is 5. The molecular formula is C40H56N6O10. The van der Waals surface area contributed by atoms with E-state index in [0.717, 1.165) is 47.9 Å². The number of hydrogen-bond donors (Lipinski definition) is 4. The van der Waals surface area contributed by atoms with Gasteiger partial charge in [-0.3, -0.25) is 38.4 Å². The minimum absolute atomic E-state index is 0.0418. The second kappa shape index (κ2) is 22.6. The molecule has 3 atom stereocenters. The molecule has 0 radical (unpaired) electrons. The van der Waals surface area contributed by atoms with Crippen molar-refractivity contribution >= 4 is 40.6 Å². The van der Waals surface area contributed by atoms with Crippen molar-refractivity contribution in [3.63, 3.8) is 0 Å². The van der Waals surface area contributed by atoms with Crippen LogP contribution in [0.3, 0.4) is 0 Å². The van der Waals surface area contributed by atoms with Crippen molar-refractivity contribution in [1.82, 2.24) is 25.1 Å². The number of primary amides is 1. The van der Waals surface area contributed by atoms with Gasteiger partial charge in [0.25, 0.3) is 0 Å². The summed E-state index contributed by atoms with van der Waals surface area (Å²) in [7, 11) is 1.68. The van der Waals surface area contributed by atoms with Gasteiger partial charge in [-0.25, -0.2) is 4.79 Å². The Morgan fingerprint density at radius 2 is 1.55 bits per heavy atom. The van der Waals surface area contributed by atoms with Gasteiger partial charge in [0.2, 0.25) is 29.5 Å². The monoisotopic (exact) mass is 780 g/mol. The zero-order chi connectivity index (χ0) is 40.5. The van der Waals surface area contributed by atoms with Crippen molar-refractivity contribution < 1.29 is 42.9 Å². The first-order valence-corrected chi connectivity index (χ1v) is 19.2. The average molecular weight is 781 g/mol. The molecule has 16 heteroatoms. The van der Waals surface area contributed by atoms with Crippen molar-refractivity contribution in [2.24, 2.45) is 12.8 Å². The predicted molar refractivity (Wildman–Crippen MR) is 207 cm³/mol. The summed E-state index contributed by atoms with van der Waals surface area (Å²) in [5.41, 5.74) is 9.53. The molecule has 3 aromatic rings. The number of aryl methyl sites for hydroxylation is 3. The zero-order valence-corrected chi connectivity index (χ0v) is 32.6. The van der Waals surface area contributed by atoms with Gasteiger partial charge in [-0.1, -0.05) is 30.3 Å². The van der Waals surface area contributed by atoms with Crippen molar-refractivity contribution in [3.8, 4) is 0 Å². The van der Waals surface area contributed by atoms with E-state index in [1.165, 1.54) is 16.1 Å². The number of ether oxygens (including phenoxy) is 4. The van der Waals surface area contributed by atoms with E-state index < -0.39 is 17.9 Å². The van der Waals surface area contributed by atoms with Gasteiger partial charge in [0.05, 0.1) is 56.2 Å². The van der Waals surface area contributed by atoms with Crippen LogP contribution in [0.2, 0.25) is 0 Å². The highest BCUT2D eigenvalue weighted by Gasteiger charge is 2.31. The van der Waals surface area contributed by atoms with E-state index in [0.29, 0.717) is 64.5 Å². The standard InChI is InChI=1S/C40H56N6O10/c1-27(32(43-28(2)47)13-16-36(41)48)56-25-31-10-8-29(9-11-31)6-4-18-42-38(50)26-55-23-22-54-21-20-53-19-5-7-30-12-14-33-35(24-30)45(3)40(52)46(33)34-15-17-37(49)44-39(34)51/h8-12,14,24,27,32,34H,4-7,13,15-23,25-26H2,1-3H3,(H2,41,48)(H,42,50)(H,43,47)(H,44,49,51)/t27-,32+,34?/m1/s1. The van der Waals surface area contributed by atoms with Crippen LogP contribution in [0.4, 0.5) is 0 Å². The Balaban J connectivity index is 0.992. The minimum atomic E-state index is -0.707. The minimum Gasteiger partial charge on any atom is -0.379 e. The fourth-order valence-corrected chi connectivity index (χ4v) is 6.48. The molecule has 0 spiro atoms. The first-order chi connectivity index (χ1) is 26.9. The average Bonchev–Trinajstić information content (AvgIpc) is 3.41. The highest BCUT2D eigenvalue weighted by Crippen LogP contribution is 2.24. The normalized spacial score (nSPS) is 15.4. The van der Waals surface area contributed by atoms with E-state index in [-0.39, 0.29) is 55.0 Å². The first-order valence-electron chi connectivity index (χ1n) is 19.2. The van der Waals surface area contributed by atoms with E-state index in [2.05, 4.69) is 16.0 Å². The van der Waals surface area contributed by atoms with Crippen LogP contribution < -0.4 is 27.4 Å². The maximum Gasteiger partial charge on any atom is 0.329 e. The number of nitrogens with zero attached hydrogens (tertiary/aromatic N) is 2. The number of piperidine rings is 1. The number of rotatable bonds is 25. The molecule has 1 aromatic heterocycles. The van der Waals surface area contributed by atoms with E-state index >= 15 is 0 Å². The Labute approximate surface area is 326 Å². The lowest BCUT2D eigenvalue weighted by atomic mass is 10.1. The molecule has 1 aliphatic heterocycles. The van der Waals surface area contributed by atoms with Crippen LogP contribution in [-0.4, -0.2) is 97.0 Å². The van der Waals surface area contributed by atoms with Gasteiger partial charge >= 0.3 is 5.69 Å². The van der Waals surface area contributed by atoms with Gasteiger partial charge in [-0.05, 0) is 74.3 Å². The number of imide groups is 1. The third-order valence-corrected chi connectivity index (χ3v) is 9.56. The van der Waals surface area contributed by atoms with Gasteiger partial charge < -0.3 is 35.3 Å². The first kappa shape index (κ1) is 43.8. The van der Waals surface area contributed by atoms with Crippen molar-refractivity contribution in [2.45, 2.75) is 90.0 Å². The summed E-state index contributed by atoms with van der Waals surface area (Å²) in [5, 5.41) is 8.02. The van der Waals surface area contributed by atoms with E-state index in [1.54, 1.807) is 7.05 Å². The molecule has 1 fully saturated rings. The van der Waals surface area contributed by atoms with Crippen LogP contribution in [0.5, 0.6) is 0 Å². The fourth-order valence-electron chi connectivity index (χ4n) is 6.48. The summed E-state index contributed by atoms with van der Waals surface area (Å²) in [4.78, 5) is 71.8. The second-order valence-corrected chi connectivity index (χ2v) is 14.0. The molecule has 2 heterocycles. The van der Waals surface area contributed by atoms with Crippen LogP contribution in [0.1, 0.15) is 75.1 Å². The number of carbonyl (C=O) groups is 5. The van der Waals surface area contributed by atoms with E-state index in [4.69, 9.17) is 24.7 Å². The third-order valence-electron chi connectivity index (χ3n) is 9.56. The summed E-state index contributed by atoms with van der Waals surface area (Å²) in [6.45, 7) is 6.15. The highest BCUT2D eigenvalue weighted by molar-refractivity contribution is 6.00. The lowest BCUT2D eigenvalue weighted by Crippen LogP contribution is -2.44. The Kier molecular flexibility index (Phi) is 17.7. The van der Waals surface area contributed by atoms with Crippen LogP contribution in [0, 0.1) is 0 Å². The number of nitrogens with two attached hydrogens (primary N) is 1. The van der Waals surface area contributed by atoms with Crippen LogP contribution in [0.15, 0.2) is 47.3 Å². The van der Waals surface area contributed by atoms with E-state index in [1.807, 2.05) is 49.4 Å². The summed E-state index contributed by atoms with van der Waals surface area (Å²) in [5.74, 6) is -1.57. The number of benzene rings is 2. The Morgan fingerprint density at radius 1 is 0.893 bits per heavy atom. The molecule has 0 aliphatic carbocycles. The molecule has 1 saturated heterocycles. The Bertz CT molecular complexity index is 1840. The predicted octanol–water partition coefficient (Wildman–Crippen LogP) is 1.72. The lowest BCUT2D eigenvalue weighted by Gasteiger charge is -2.24. The van der Waals surface area contributed by atoms with Crippen LogP contribution in [-0.2, 0) is 69.4 Å². The third kappa shape index (κ3) is 14.0. The summed E-state index contributed by atoms with van der Waals surface area (Å²) in [6, 6.07) is 12.8. The van der Waals surface area contributed by atoms with Gasteiger partial charge in [0, 0.05) is 40.0 Å². The topological polar surface area (TPSA) is 211 Å². The molecule has 5 N–H and O–H groups in total. The Morgan fingerprint density at radius 3 is 2.25 bits per heavy atom. The van der Waals surface area contributed by atoms with Crippen LogP contribution in [0.25, 0.3) is 11.0 Å². The molecule has 4 rings (SSSR count). The SMILES string of the molecule is CC(=O)N[C@@H](CCC(N)=O)[C@@H](C)OCc1ccc(CCCNC(=O)COCCOCCOCCCc2ccc3c(c2)n(C)c(=O)n3C2CCC(=O)NC2=O)cc1. The maximum atomic E-state index is 13.0. The molecule has 1 aliphatic rings. The Hall–Kier alpha value is -4.90. The molecule has 0 bridgehead atoms. The van der Waals surface area contributed by atoms with Crippen molar-refractivity contribution in [1.29, 1.82) is 0 Å². The number of hydrogen-bond acceptors (Lipinski definition) is 10. The molecule has 306 valence electrons. The highest BCUT2D eigenvalue weighted by atomic mass is 16.5. The summed E-state index contributed by atoms with van der Waals surface area (Å²) >= 11 is 0. The second-order valence-electron chi connectivity index (χ2n) is 14.0. The largest absolute Gasteiger partial charge is 0.379 e. The molecular weight excluding hydrogens is 724 g/mol. The van der Waals surface area contributed by atoms with Gasteiger partial charge in [0.15, 0.2) is 0 Å². The summed E-state index contributed by atoms with van der Waals surface area (Å²) in [6.07, 6.45) is 3.88. The van der Waals surface area contributed by atoms with Gasteiger partial charge in [0.1, 0.15) is 12.6 Å². The molecule has 56 heavy (non-hydrogen) atoms. The summed E-state index contributed by atoms with van der Waals surface area (Å²) < 4.78 is 25.6. The van der Waals surface area contributed by atoms with Crippen molar-refractivity contribution in [2.75, 3.05) is 46.2 Å². The molecule has 2 aromatic carbocycles. The number of imidazole rings is 1. The fraction of sp³-hybridized carbons (Fsp3) is 0.550. The smallest absolute Gasteiger partial charge is 0.329 e. The van der Waals surface area contributed by atoms with Crippen molar-refractivity contribution in [3.05, 3.63) is 69.6 Å². The van der Waals surface area contributed by atoms with Crippen LogP contribution >= 0.6 is 0 Å². The molecule has 0 saturated carbocycles. The lowest BCUT2D eigenvalue weighted by molar-refractivity contribution is -0.136. The maximum absolute atomic E-state index is 13.0. The number of aromatic nitrogens is 2. The number of fused-ring (bicyclic) bond motifs is 1.